The summed E-state index contributed by atoms with van der Waals surface area (Å²) in [6.07, 6.45) is 4.60. The van der Waals surface area contributed by atoms with Crippen molar-refractivity contribution in [1.29, 1.82) is 5.26 Å². The van der Waals surface area contributed by atoms with Gasteiger partial charge in [0, 0.05) is 10.9 Å². The molecule has 3 nitrogen and oxygen atoms in total. The van der Waals surface area contributed by atoms with Crippen LogP contribution >= 0.6 is 11.8 Å². The van der Waals surface area contributed by atoms with Crippen molar-refractivity contribution in [2.75, 3.05) is 5.75 Å². The number of benzene rings is 1. The number of hydrogen-bond donors (Lipinski definition) is 1. The third-order valence-electron chi connectivity index (χ3n) is 3.70. The van der Waals surface area contributed by atoms with E-state index in [9.17, 15) is 4.79 Å². The Bertz CT molecular complexity index is 509. The first-order valence-electron chi connectivity index (χ1n) is 7.10. The molecule has 0 aliphatic heterocycles. The van der Waals surface area contributed by atoms with Crippen molar-refractivity contribution < 1.29 is 4.79 Å². The lowest BCUT2D eigenvalue weighted by atomic mass is 9.87. The summed E-state index contributed by atoms with van der Waals surface area (Å²) in [4.78, 5) is 13.3. The molecule has 1 aromatic rings. The Hall–Kier alpha value is -1.47. The van der Waals surface area contributed by atoms with E-state index in [4.69, 9.17) is 5.26 Å². The molecule has 1 saturated carbocycles. The van der Waals surface area contributed by atoms with E-state index < -0.39 is 0 Å². The van der Waals surface area contributed by atoms with Crippen LogP contribution in [0.25, 0.3) is 0 Å². The summed E-state index contributed by atoms with van der Waals surface area (Å²) in [6.45, 7) is 2.25. The summed E-state index contributed by atoms with van der Waals surface area (Å²) < 4.78 is 0. The fraction of sp³-hybridized carbons (Fsp3) is 0.500. The van der Waals surface area contributed by atoms with Crippen molar-refractivity contribution in [3.63, 3.8) is 0 Å². The number of nitrogens with zero attached hydrogens (tertiary/aromatic N) is 1. The second-order valence-electron chi connectivity index (χ2n) is 5.39. The predicted molar refractivity (Wildman–Crippen MR) is 81.7 cm³/mol. The van der Waals surface area contributed by atoms with Crippen molar-refractivity contribution in [2.45, 2.75) is 43.5 Å². The molecule has 2 atom stereocenters. The summed E-state index contributed by atoms with van der Waals surface area (Å²) in [7, 11) is 0. The Morgan fingerprint density at radius 2 is 2.25 bits per heavy atom. The Kier molecular flexibility index (Phi) is 5.49. The molecule has 1 aliphatic rings. The molecule has 0 unspecified atom stereocenters. The maximum atomic E-state index is 12.4. The van der Waals surface area contributed by atoms with E-state index in [1.165, 1.54) is 24.6 Å². The van der Waals surface area contributed by atoms with E-state index in [1.807, 2.05) is 24.3 Å². The van der Waals surface area contributed by atoms with E-state index >= 15 is 0 Å². The van der Waals surface area contributed by atoms with Gasteiger partial charge in [0.05, 0.1) is 17.4 Å². The number of carbonyl (C=O) groups excluding carboxylic acids is 1. The second-order valence-corrected chi connectivity index (χ2v) is 6.40. The molecule has 4 heteroatoms. The van der Waals surface area contributed by atoms with Crippen molar-refractivity contribution in [3.05, 3.63) is 29.8 Å². The lowest BCUT2D eigenvalue weighted by Crippen LogP contribution is -2.38. The zero-order valence-electron chi connectivity index (χ0n) is 11.8. The number of amides is 1. The third-order valence-corrected chi connectivity index (χ3v) is 4.64. The quantitative estimate of drug-likeness (QED) is 0.861. The summed E-state index contributed by atoms with van der Waals surface area (Å²) in [5.41, 5.74) is 0.686. The van der Waals surface area contributed by atoms with Crippen LogP contribution in [-0.2, 0) is 0 Å². The van der Waals surface area contributed by atoms with Gasteiger partial charge in [-0.25, -0.2) is 0 Å². The van der Waals surface area contributed by atoms with Gasteiger partial charge in [-0.05, 0) is 30.9 Å². The van der Waals surface area contributed by atoms with Crippen LogP contribution < -0.4 is 5.32 Å². The minimum Gasteiger partial charge on any atom is -0.349 e. The van der Waals surface area contributed by atoms with Gasteiger partial charge >= 0.3 is 0 Å². The molecule has 0 radical (unpaired) electrons. The molecule has 2 rings (SSSR count). The van der Waals surface area contributed by atoms with Crippen LogP contribution in [-0.4, -0.2) is 17.7 Å². The average molecular weight is 288 g/mol. The second kappa shape index (κ2) is 7.35. The normalized spacial score (nSPS) is 22.0. The van der Waals surface area contributed by atoms with Gasteiger partial charge in [-0.2, -0.15) is 5.26 Å². The summed E-state index contributed by atoms with van der Waals surface area (Å²) >= 11 is 1.42. The molecule has 1 N–H and O–H groups in total. The Morgan fingerprint density at radius 3 is 3.00 bits per heavy atom. The minimum absolute atomic E-state index is 0.00913. The monoisotopic (exact) mass is 288 g/mol. The zero-order chi connectivity index (χ0) is 14.4. The average Bonchev–Trinajstić information content (AvgIpc) is 2.45. The fourth-order valence-corrected chi connectivity index (χ4v) is 3.43. The molecule has 0 saturated heterocycles. The van der Waals surface area contributed by atoms with Gasteiger partial charge in [0.25, 0.3) is 5.91 Å². The highest BCUT2D eigenvalue weighted by atomic mass is 32.2. The smallest absolute Gasteiger partial charge is 0.252 e. The maximum absolute atomic E-state index is 12.4. The largest absolute Gasteiger partial charge is 0.349 e. The number of nitriles is 1. The van der Waals surface area contributed by atoms with Crippen molar-refractivity contribution >= 4 is 17.7 Å². The number of thioether (sulfide) groups is 1. The van der Waals surface area contributed by atoms with Crippen molar-refractivity contribution in [2.24, 2.45) is 5.92 Å². The van der Waals surface area contributed by atoms with Gasteiger partial charge in [-0.3, -0.25) is 4.79 Å². The predicted octanol–water partition coefficient (Wildman–Crippen LogP) is 3.61. The first kappa shape index (κ1) is 14.9. The molecule has 1 aliphatic carbocycles. The van der Waals surface area contributed by atoms with Gasteiger partial charge in [0.15, 0.2) is 0 Å². The van der Waals surface area contributed by atoms with Crippen LogP contribution in [0.15, 0.2) is 29.2 Å². The van der Waals surface area contributed by atoms with E-state index in [-0.39, 0.29) is 5.91 Å². The van der Waals surface area contributed by atoms with E-state index in [0.29, 0.717) is 23.3 Å². The van der Waals surface area contributed by atoms with Crippen LogP contribution in [0.2, 0.25) is 0 Å². The van der Waals surface area contributed by atoms with E-state index in [0.717, 1.165) is 17.7 Å². The third kappa shape index (κ3) is 4.01. The molecule has 0 aromatic heterocycles. The van der Waals surface area contributed by atoms with Crippen LogP contribution in [0.3, 0.4) is 0 Å². The molecule has 0 spiro atoms. The Morgan fingerprint density at radius 1 is 1.45 bits per heavy atom. The first-order chi connectivity index (χ1) is 9.70. The molecule has 0 bridgehead atoms. The minimum atomic E-state index is -0.00913. The SMILES string of the molecule is C[C@H]1CCC[C@@H](NC(=O)c2ccccc2SCC#N)C1. The van der Waals surface area contributed by atoms with Crippen LogP contribution in [0.1, 0.15) is 43.0 Å². The highest BCUT2D eigenvalue weighted by Gasteiger charge is 2.21. The topological polar surface area (TPSA) is 52.9 Å². The highest BCUT2D eigenvalue weighted by Crippen LogP contribution is 2.25. The lowest BCUT2D eigenvalue weighted by molar-refractivity contribution is 0.0918. The van der Waals surface area contributed by atoms with E-state index in [1.54, 1.807) is 0 Å². The molecule has 1 amide bonds. The number of hydrogen-bond acceptors (Lipinski definition) is 3. The highest BCUT2D eigenvalue weighted by molar-refractivity contribution is 7.99. The van der Waals surface area contributed by atoms with Gasteiger partial charge in [-0.1, -0.05) is 31.9 Å². The summed E-state index contributed by atoms with van der Waals surface area (Å²) in [5.74, 6) is 1.05. The molecule has 1 aromatic carbocycles. The number of carbonyl (C=O) groups is 1. The first-order valence-corrected chi connectivity index (χ1v) is 8.09. The molecule has 1 fully saturated rings. The molecule has 20 heavy (non-hydrogen) atoms. The summed E-state index contributed by atoms with van der Waals surface area (Å²) in [5, 5.41) is 11.8. The maximum Gasteiger partial charge on any atom is 0.252 e. The van der Waals surface area contributed by atoms with E-state index in [2.05, 4.69) is 18.3 Å². The van der Waals surface area contributed by atoms with Gasteiger partial charge in [0.2, 0.25) is 0 Å². The van der Waals surface area contributed by atoms with Gasteiger partial charge in [0.1, 0.15) is 0 Å². The standard InChI is InChI=1S/C16H20N2OS/c1-12-5-4-6-13(11-12)18-16(19)14-7-2-3-8-15(14)20-10-9-17/h2-3,7-8,12-13H,4-6,10-11H2,1H3,(H,18,19)/t12-,13+/m0/s1. The van der Waals surface area contributed by atoms with Crippen molar-refractivity contribution in [3.8, 4) is 6.07 Å². The van der Waals surface area contributed by atoms with Crippen molar-refractivity contribution in [1.82, 2.24) is 5.32 Å². The van der Waals surface area contributed by atoms with Crippen LogP contribution in [0, 0.1) is 17.2 Å². The Labute approximate surface area is 124 Å². The number of nitrogens with one attached hydrogen (secondary N) is 1. The molecular formula is C16H20N2OS. The number of rotatable bonds is 4. The molecule has 106 valence electrons. The van der Waals surface area contributed by atoms with Crippen LogP contribution in [0.5, 0.6) is 0 Å². The zero-order valence-corrected chi connectivity index (χ0v) is 12.6. The lowest BCUT2D eigenvalue weighted by Gasteiger charge is -2.27. The Balaban J connectivity index is 2.03. The summed E-state index contributed by atoms with van der Waals surface area (Å²) in [6, 6.07) is 9.90. The molecular weight excluding hydrogens is 268 g/mol. The molecule has 0 heterocycles. The van der Waals surface area contributed by atoms with Crippen LogP contribution in [0.4, 0.5) is 0 Å². The van der Waals surface area contributed by atoms with Gasteiger partial charge in [-0.15, -0.1) is 11.8 Å². The fourth-order valence-electron chi connectivity index (χ4n) is 2.72. The van der Waals surface area contributed by atoms with Gasteiger partial charge < -0.3 is 5.32 Å².